The van der Waals surface area contributed by atoms with Crippen molar-refractivity contribution in [3.05, 3.63) is 148 Å². The van der Waals surface area contributed by atoms with Gasteiger partial charge in [-0.1, -0.05) is 71.6 Å². The van der Waals surface area contributed by atoms with Gasteiger partial charge in [-0.3, -0.25) is 14.3 Å². The van der Waals surface area contributed by atoms with Crippen molar-refractivity contribution >= 4 is 40.2 Å². The van der Waals surface area contributed by atoms with Crippen LogP contribution >= 0.6 is 11.8 Å². The lowest BCUT2D eigenvalue weighted by Crippen LogP contribution is -2.31. The van der Waals surface area contributed by atoms with Crippen molar-refractivity contribution in [1.82, 2.24) is 25.3 Å². The minimum absolute atomic E-state index is 0.000716. The van der Waals surface area contributed by atoms with Crippen LogP contribution < -0.4 is 30.9 Å². The van der Waals surface area contributed by atoms with Crippen molar-refractivity contribution in [2.45, 2.75) is 42.0 Å². The molecule has 0 spiro atoms. The van der Waals surface area contributed by atoms with Crippen LogP contribution in [0.1, 0.15) is 51.6 Å². The lowest BCUT2D eigenvalue weighted by molar-refractivity contribution is -0.122. The molecule has 3 aromatic heterocycles. The molecule has 15 nitrogen and oxygen atoms in total. The van der Waals surface area contributed by atoms with Gasteiger partial charge < -0.3 is 29.7 Å². The predicted octanol–water partition coefficient (Wildman–Crippen LogP) is 7.04. The van der Waals surface area contributed by atoms with Crippen molar-refractivity contribution in [3.63, 3.8) is 0 Å². The molecule has 4 aromatic carbocycles. The van der Waals surface area contributed by atoms with Gasteiger partial charge in [0.1, 0.15) is 57.7 Å². The second-order valence-corrected chi connectivity index (χ2v) is 14.5. The maximum atomic E-state index is 13.5. The highest BCUT2D eigenvalue weighted by Crippen LogP contribution is 2.41. The normalized spacial score (nSPS) is 11.3. The van der Waals surface area contributed by atoms with Crippen LogP contribution in [0.25, 0.3) is 22.1 Å². The number of ketones is 1. The number of benzene rings is 4. The first-order valence-electron chi connectivity index (χ1n) is 18.7. The van der Waals surface area contributed by atoms with Gasteiger partial charge >= 0.3 is 5.63 Å². The second-order valence-electron chi connectivity index (χ2n) is 13.4. The fraction of sp³-hybridized carbons (Fsp3) is 0.156. The molecule has 7 rings (SSSR count). The lowest BCUT2D eigenvalue weighted by Gasteiger charge is -2.19. The Balaban J connectivity index is 1.01. The molecule has 7 aromatic rings. The van der Waals surface area contributed by atoms with E-state index in [0.717, 1.165) is 4.90 Å². The van der Waals surface area contributed by atoms with Gasteiger partial charge in [-0.05, 0) is 59.7 Å². The Labute approximate surface area is 353 Å². The van der Waals surface area contributed by atoms with Gasteiger partial charge in [-0.2, -0.15) is 10.5 Å². The van der Waals surface area contributed by atoms with E-state index in [9.17, 15) is 24.9 Å². The number of rotatable bonds is 16. The number of aromatic nitrogens is 4. The van der Waals surface area contributed by atoms with Crippen LogP contribution in [0.2, 0.25) is 0 Å². The number of nitriles is 2. The number of nitrogen functional groups attached to an aromatic ring is 1. The Morgan fingerprint density at radius 1 is 0.918 bits per heavy atom. The first kappa shape index (κ1) is 41.2. The van der Waals surface area contributed by atoms with Gasteiger partial charge in [0.25, 0.3) is 0 Å². The number of nitrogens with one attached hydrogen (secondary N) is 1. The van der Waals surface area contributed by atoms with Crippen LogP contribution in [0.15, 0.2) is 128 Å². The summed E-state index contributed by atoms with van der Waals surface area (Å²) in [6, 6.07) is 33.3. The second kappa shape index (κ2) is 18.8. The predicted molar refractivity (Wildman–Crippen MR) is 225 cm³/mol. The average Bonchev–Trinajstić information content (AvgIpc) is 3.75. The number of nitrogens with zero attached hydrogens (tertiary/aromatic N) is 6. The van der Waals surface area contributed by atoms with Crippen molar-refractivity contribution in [3.8, 4) is 40.5 Å². The minimum Gasteiger partial charge on any atom is -0.497 e. The molecule has 16 heteroatoms. The summed E-state index contributed by atoms with van der Waals surface area (Å²) in [5, 5.41) is 32.5. The Hall–Kier alpha value is -7.95. The number of anilines is 1. The first-order chi connectivity index (χ1) is 29.7. The number of methoxy groups -OCH3 is 2. The van der Waals surface area contributed by atoms with E-state index < -0.39 is 17.5 Å². The maximum absolute atomic E-state index is 13.5. The molecule has 0 aliphatic rings. The Morgan fingerprint density at radius 2 is 1.67 bits per heavy atom. The van der Waals surface area contributed by atoms with Gasteiger partial charge in [-0.15, -0.1) is 5.10 Å². The van der Waals surface area contributed by atoms with Crippen LogP contribution in [-0.2, 0) is 17.9 Å². The zero-order chi connectivity index (χ0) is 42.9. The van der Waals surface area contributed by atoms with Crippen molar-refractivity contribution in [2.75, 3.05) is 20.0 Å². The van der Waals surface area contributed by atoms with Crippen LogP contribution in [0.4, 0.5) is 5.82 Å². The maximum Gasteiger partial charge on any atom is 0.347 e. The van der Waals surface area contributed by atoms with Gasteiger partial charge in [0.05, 0.1) is 38.6 Å². The molecule has 61 heavy (non-hydrogen) atoms. The number of pyridine rings is 1. The summed E-state index contributed by atoms with van der Waals surface area (Å²) in [6.45, 7) is 0.162. The zero-order valence-electron chi connectivity index (χ0n) is 32.8. The molecule has 0 fully saturated rings. The Kier molecular flexibility index (Phi) is 12.7. The zero-order valence-corrected chi connectivity index (χ0v) is 33.6. The number of ether oxygens (including phenoxy) is 3. The lowest BCUT2D eigenvalue weighted by atomic mass is 9.96. The summed E-state index contributed by atoms with van der Waals surface area (Å²) in [5.41, 5.74) is 7.94. The molecule has 0 radical (unpaired) electrons. The van der Waals surface area contributed by atoms with E-state index >= 15 is 0 Å². The summed E-state index contributed by atoms with van der Waals surface area (Å²) in [6.07, 6.45) is 1.44. The standard InChI is InChI=1S/C45H36N8O7S/c1-57-31-15-12-27(13-16-31)36(22-37(54)33-20-28-8-6-7-11-38(28)60-45(33)56)49-41(55)18-19-53-25-30(51-52-53)26-59-39-17-14-29(21-40(39)58-2)42-34(23-46)43(48)50-44(35(42)24-47)61-32-9-4-3-5-10-32/h3-17,20-21,25,36H,18-19,22,26H2,1-2H3,(H2,48,50)(H,49,55). The van der Waals surface area contributed by atoms with Crippen molar-refractivity contribution in [2.24, 2.45) is 0 Å². The number of nitrogens with two attached hydrogens (primary N) is 1. The average molecular weight is 833 g/mol. The molecule has 0 bridgehead atoms. The number of carbonyl (C=O) groups excluding carboxylic acids is 2. The highest BCUT2D eigenvalue weighted by Gasteiger charge is 2.24. The third-order valence-electron chi connectivity index (χ3n) is 9.54. The smallest absolute Gasteiger partial charge is 0.347 e. The molecule has 304 valence electrons. The number of fused-ring (bicyclic) bond motifs is 1. The summed E-state index contributed by atoms with van der Waals surface area (Å²) in [4.78, 5) is 44.8. The van der Waals surface area contributed by atoms with Gasteiger partial charge in [0.15, 0.2) is 17.3 Å². The summed E-state index contributed by atoms with van der Waals surface area (Å²) >= 11 is 1.27. The van der Waals surface area contributed by atoms with Gasteiger partial charge in [0, 0.05) is 28.7 Å². The molecular weight excluding hydrogens is 797 g/mol. The van der Waals surface area contributed by atoms with Gasteiger partial charge in [0.2, 0.25) is 5.91 Å². The van der Waals surface area contributed by atoms with Crippen molar-refractivity contribution < 1.29 is 28.2 Å². The van der Waals surface area contributed by atoms with Crippen LogP contribution in [0.5, 0.6) is 17.2 Å². The van der Waals surface area contributed by atoms with Gasteiger partial charge in [-0.25, -0.2) is 9.78 Å². The Bertz CT molecular complexity index is 2880. The third-order valence-corrected chi connectivity index (χ3v) is 10.5. The molecule has 0 aliphatic carbocycles. The SMILES string of the molecule is COc1ccc(C(CC(=O)c2cc3ccccc3oc2=O)NC(=O)CCn2cc(COc3ccc(-c4c(C#N)c(N)nc(Sc5ccccc5)c4C#N)cc3OC)nn2)cc1. The number of carbonyl (C=O) groups is 2. The molecule has 1 atom stereocenters. The van der Waals surface area contributed by atoms with E-state index in [2.05, 4.69) is 32.8 Å². The van der Waals surface area contributed by atoms with E-state index in [0.29, 0.717) is 55.6 Å². The van der Waals surface area contributed by atoms with E-state index in [-0.39, 0.29) is 54.4 Å². The van der Waals surface area contributed by atoms with Crippen molar-refractivity contribution in [1.29, 1.82) is 10.5 Å². The van der Waals surface area contributed by atoms with E-state index in [1.807, 2.05) is 30.3 Å². The number of aryl methyl sites for hydroxylation is 1. The summed E-state index contributed by atoms with van der Waals surface area (Å²) in [7, 11) is 3.01. The van der Waals surface area contributed by atoms with Crippen LogP contribution in [-0.4, -0.2) is 45.9 Å². The minimum atomic E-state index is -0.762. The fourth-order valence-electron chi connectivity index (χ4n) is 6.49. The third kappa shape index (κ3) is 9.52. The molecule has 0 saturated heterocycles. The topological polar surface area (TPSA) is 221 Å². The molecule has 1 amide bonds. The summed E-state index contributed by atoms with van der Waals surface area (Å²) < 4.78 is 23.8. The molecule has 0 saturated carbocycles. The number of hydrogen-bond acceptors (Lipinski definition) is 14. The van der Waals surface area contributed by atoms with Crippen LogP contribution in [0.3, 0.4) is 0 Å². The molecule has 1 unspecified atom stereocenters. The highest BCUT2D eigenvalue weighted by atomic mass is 32.2. The molecular formula is C45H36N8O7S. The number of hydrogen-bond donors (Lipinski definition) is 2. The van der Waals surface area contributed by atoms with E-state index in [4.69, 9.17) is 24.4 Å². The fourth-order valence-corrected chi connectivity index (χ4v) is 7.40. The summed E-state index contributed by atoms with van der Waals surface area (Å²) in [5.74, 6) is 0.434. The number of para-hydroxylation sites is 1. The molecule has 3 N–H and O–H groups in total. The van der Waals surface area contributed by atoms with E-state index in [1.165, 1.54) is 36.7 Å². The number of Topliss-reactive ketones (excluding diaryl/α,β-unsaturated/α-hetero) is 1. The Morgan fingerprint density at radius 3 is 2.41 bits per heavy atom. The monoisotopic (exact) mass is 832 g/mol. The largest absolute Gasteiger partial charge is 0.497 e. The first-order valence-corrected chi connectivity index (χ1v) is 19.6. The quantitative estimate of drug-likeness (QED) is 0.0737. The van der Waals surface area contributed by atoms with E-state index in [1.54, 1.807) is 72.9 Å². The molecule has 0 aliphatic heterocycles. The molecule has 3 heterocycles. The number of amides is 1. The highest BCUT2D eigenvalue weighted by molar-refractivity contribution is 7.99. The van der Waals surface area contributed by atoms with Crippen LogP contribution in [0, 0.1) is 22.7 Å².